The summed E-state index contributed by atoms with van der Waals surface area (Å²) in [6.07, 6.45) is 1.64. The summed E-state index contributed by atoms with van der Waals surface area (Å²) >= 11 is 0.885. The van der Waals surface area contributed by atoms with Gasteiger partial charge < -0.3 is 14.2 Å². The molecule has 8 heteroatoms. The van der Waals surface area contributed by atoms with Crippen molar-refractivity contribution in [2.24, 2.45) is 0 Å². The summed E-state index contributed by atoms with van der Waals surface area (Å²) in [5, 5.41) is -0.335. The lowest BCUT2D eigenvalue weighted by Gasteiger charge is -2.13. The molecule has 0 aromatic heterocycles. The number of benzene rings is 3. The average molecular weight is 476 g/mol. The zero-order valence-corrected chi connectivity index (χ0v) is 19.1. The molecule has 0 saturated carbocycles. The van der Waals surface area contributed by atoms with Gasteiger partial charge in [0, 0.05) is 0 Å². The van der Waals surface area contributed by atoms with Crippen molar-refractivity contribution in [1.82, 2.24) is 4.90 Å². The molecule has 0 aliphatic carbocycles. The van der Waals surface area contributed by atoms with Gasteiger partial charge in [0.2, 0.25) is 0 Å². The van der Waals surface area contributed by atoms with Gasteiger partial charge in [0.05, 0.1) is 24.1 Å². The first-order chi connectivity index (χ1) is 16.5. The van der Waals surface area contributed by atoms with Crippen molar-refractivity contribution in [2.45, 2.75) is 0 Å². The predicted molar refractivity (Wildman–Crippen MR) is 129 cm³/mol. The maximum absolute atomic E-state index is 12.7. The Balaban J connectivity index is 1.34. The summed E-state index contributed by atoms with van der Waals surface area (Å²) in [5.41, 5.74) is 1.10. The smallest absolute Gasteiger partial charge is 0.343 e. The lowest BCUT2D eigenvalue weighted by atomic mass is 10.2. The molecule has 0 N–H and O–H groups in total. The summed E-state index contributed by atoms with van der Waals surface area (Å²) < 4.78 is 16.0. The fraction of sp³-hybridized carbons (Fsp3) is 0.115. The third kappa shape index (κ3) is 5.65. The van der Waals surface area contributed by atoms with E-state index in [1.807, 2.05) is 30.3 Å². The van der Waals surface area contributed by atoms with Gasteiger partial charge in [0.15, 0.2) is 0 Å². The largest absolute Gasteiger partial charge is 0.497 e. The second kappa shape index (κ2) is 10.7. The first-order valence-corrected chi connectivity index (χ1v) is 11.2. The number of carbonyl (C=O) groups excluding carboxylic acids is 3. The van der Waals surface area contributed by atoms with Gasteiger partial charge in [-0.1, -0.05) is 30.3 Å². The van der Waals surface area contributed by atoms with Crippen LogP contribution >= 0.6 is 11.8 Å². The molecule has 0 atom stereocenters. The normalized spacial score (nSPS) is 14.4. The van der Waals surface area contributed by atoms with Gasteiger partial charge >= 0.3 is 5.97 Å². The number of methoxy groups -OCH3 is 1. The van der Waals surface area contributed by atoms with Gasteiger partial charge in [-0.3, -0.25) is 14.5 Å². The molecule has 0 unspecified atom stereocenters. The van der Waals surface area contributed by atoms with Crippen molar-refractivity contribution >= 4 is 35.0 Å². The van der Waals surface area contributed by atoms with Crippen LogP contribution in [-0.4, -0.2) is 42.3 Å². The summed E-state index contributed by atoms with van der Waals surface area (Å²) in [6, 6.07) is 22.5. The number of thioether (sulfide) groups is 1. The minimum absolute atomic E-state index is 0.164. The van der Waals surface area contributed by atoms with Gasteiger partial charge in [-0.25, -0.2) is 4.79 Å². The molecule has 2 amide bonds. The van der Waals surface area contributed by atoms with Crippen molar-refractivity contribution in [3.63, 3.8) is 0 Å². The Kier molecular flexibility index (Phi) is 7.29. The Morgan fingerprint density at radius 3 is 2.24 bits per heavy atom. The molecule has 1 saturated heterocycles. The summed E-state index contributed by atoms with van der Waals surface area (Å²) in [6.45, 7) is 0.376. The first kappa shape index (κ1) is 23.1. The fourth-order valence-corrected chi connectivity index (χ4v) is 4.01. The number of para-hydroxylation sites is 1. The predicted octanol–water partition coefficient (Wildman–Crippen LogP) is 5.03. The molecular weight excluding hydrogens is 454 g/mol. The van der Waals surface area contributed by atoms with Gasteiger partial charge in [-0.05, 0) is 71.9 Å². The zero-order valence-electron chi connectivity index (χ0n) is 18.3. The van der Waals surface area contributed by atoms with Crippen LogP contribution in [0.15, 0.2) is 83.8 Å². The number of nitrogens with zero attached hydrogens (tertiary/aromatic N) is 1. The first-order valence-electron chi connectivity index (χ1n) is 10.4. The molecule has 0 radical (unpaired) electrons. The van der Waals surface area contributed by atoms with Crippen molar-refractivity contribution in [3.8, 4) is 17.2 Å². The number of imide groups is 1. The van der Waals surface area contributed by atoms with Gasteiger partial charge in [-0.15, -0.1) is 0 Å². The molecule has 1 aliphatic heterocycles. The molecule has 1 fully saturated rings. The number of amides is 2. The van der Waals surface area contributed by atoms with E-state index in [1.54, 1.807) is 61.7 Å². The van der Waals surface area contributed by atoms with E-state index in [0.717, 1.165) is 11.8 Å². The monoisotopic (exact) mass is 475 g/mol. The standard InChI is InChI=1S/C26H21NO6S/c1-31-20-13-9-19(10-14-20)25(29)33-22-11-7-18(8-12-22)17-23-24(28)27(26(30)34-23)15-16-32-21-5-3-2-4-6-21/h2-14,17H,15-16H2,1H3/b23-17-. The molecule has 1 aliphatic rings. The molecule has 1 heterocycles. The van der Waals surface area contributed by atoms with E-state index in [9.17, 15) is 14.4 Å². The lowest BCUT2D eigenvalue weighted by Crippen LogP contribution is -2.32. The fourth-order valence-electron chi connectivity index (χ4n) is 3.14. The van der Waals surface area contributed by atoms with Crippen molar-refractivity contribution in [1.29, 1.82) is 0 Å². The summed E-state index contributed by atoms with van der Waals surface area (Å²) in [4.78, 5) is 38.7. The van der Waals surface area contributed by atoms with Crippen LogP contribution in [0.3, 0.4) is 0 Å². The highest BCUT2D eigenvalue weighted by atomic mass is 32.2. The van der Waals surface area contributed by atoms with Crippen LogP contribution in [0.4, 0.5) is 4.79 Å². The number of hydrogen-bond acceptors (Lipinski definition) is 7. The molecule has 3 aromatic rings. The van der Waals surface area contributed by atoms with Gasteiger partial charge in [-0.2, -0.15) is 0 Å². The lowest BCUT2D eigenvalue weighted by molar-refractivity contribution is -0.123. The Morgan fingerprint density at radius 2 is 1.56 bits per heavy atom. The SMILES string of the molecule is COc1ccc(C(=O)Oc2ccc(/C=C3\SC(=O)N(CCOc4ccccc4)C3=O)cc2)cc1. The van der Waals surface area contributed by atoms with Crippen molar-refractivity contribution in [3.05, 3.63) is 94.9 Å². The number of ether oxygens (including phenoxy) is 3. The summed E-state index contributed by atoms with van der Waals surface area (Å²) in [7, 11) is 1.55. The van der Waals surface area contributed by atoms with Crippen LogP contribution in [0.5, 0.6) is 17.2 Å². The van der Waals surface area contributed by atoms with Crippen molar-refractivity contribution < 1.29 is 28.6 Å². The Labute approximate surface area is 200 Å². The average Bonchev–Trinajstić information content (AvgIpc) is 3.13. The van der Waals surface area contributed by atoms with Crippen LogP contribution in [0.1, 0.15) is 15.9 Å². The van der Waals surface area contributed by atoms with Crippen LogP contribution < -0.4 is 14.2 Å². The molecule has 0 bridgehead atoms. The van der Waals surface area contributed by atoms with E-state index in [0.29, 0.717) is 33.3 Å². The minimum atomic E-state index is -0.491. The Hall–Kier alpha value is -4.04. The quantitative estimate of drug-likeness (QED) is 0.257. The maximum atomic E-state index is 12.7. The van der Waals surface area contributed by atoms with Crippen LogP contribution in [-0.2, 0) is 4.79 Å². The van der Waals surface area contributed by atoms with Crippen molar-refractivity contribution in [2.75, 3.05) is 20.3 Å². The second-order valence-corrected chi connectivity index (χ2v) is 8.18. The Morgan fingerprint density at radius 1 is 0.882 bits per heavy atom. The molecular formula is C26H21NO6S. The number of carbonyl (C=O) groups is 3. The van der Waals surface area contributed by atoms with E-state index in [4.69, 9.17) is 14.2 Å². The maximum Gasteiger partial charge on any atom is 0.343 e. The number of hydrogen-bond donors (Lipinski definition) is 0. The van der Waals surface area contributed by atoms with Crippen LogP contribution in [0, 0.1) is 0 Å². The van der Waals surface area contributed by atoms with E-state index < -0.39 is 5.97 Å². The third-order valence-corrected chi connectivity index (χ3v) is 5.82. The Bertz CT molecular complexity index is 1210. The highest BCUT2D eigenvalue weighted by Crippen LogP contribution is 2.32. The molecule has 3 aromatic carbocycles. The molecule has 0 spiro atoms. The molecule has 7 nitrogen and oxygen atoms in total. The van der Waals surface area contributed by atoms with E-state index >= 15 is 0 Å². The topological polar surface area (TPSA) is 82.1 Å². The van der Waals surface area contributed by atoms with Crippen LogP contribution in [0.2, 0.25) is 0 Å². The minimum Gasteiger partial charge on any atom is -0.497 e. The molecule has 172 valence electrons. The number of esters is 1. The van der Waals surface area contributed by atoms with Gasteiger partial charge in [0.25, 0.3) is 11.1 Å². The van der Waals surface area contributed by atoms with Crippen LogP contribution in [0.25, 0.3) is 6.08 Å². The second-order valence-electron chi connectivity index (χ2n) is 7.18. The van der Waals surface area contributed by atoms with E-state index in [-0.39, 0.29) is 24.3 Å². The molecule has 34 heavy (non-hydrogen) atoms. The highest BCUT2D eigenvalue weighted by Gasteiger charge is 2.34. The summed E-state index contributed by atoms with van der Waals surface area (Å²) in [5.74, 6) is 0.840. The van der Waals surface area contributed by atoms with E-state index in [2.05, 4.69) is 0 Å². The van der Waals surface area contributed by atoms with Gasteiger partial charge in [0.1, 0.15) is 23.9 Å². The van der Waals surface area contributed by atoms with E-state index in [1.165, 1.54) is 4.90 Å². The molecule has 4 rings (SSSR count). The highest BCUT2D eigenvalue weighted by molar-refractivity contribution is 8.18. The zero-order chi connectivity index (χ0) is 23.9. The number of rotatable bonds is 8. The third-order valence-electron chi connectivity index (χ3n) is 4.91.